The van der Waals surface area contributed by atoms with Gasteiger partial charge in [-0.25, -0.2) is 9.59 Å². The minimum atomic E-state index is -0.534. The Kier molecular flexibility index (Phi) is 6.24. The van der Waals surface area contributed by atoms with Gasteiger partial charge in [-0.2, -0.15) is 0 Å². The van der Waals surface area contributed by atoms with Gasteiger partial charge in [-0.05, 0) is 47.5 Å². The van der Waals surface area contributed by atoms with Gasteiger partial charge in [0.15, 0.2) is 0 Å². The molecule has 2 aliphatic rings. The van der Waals surface area contributed by atoms with Crippen LogP contribution in [-0.4, -0.2) is 58.7 Å². The third-order valence-corrected chi connectivity index (χ3v) is 4.05. The highest BCUT2D eigenvalue weighted by molar-refractivity contribution is 5.75. The number of carbonyl (C=O) groups excluding carboxylic acids is 3. The second kappa shape index (κ2) is 7.56. The van der Waals surface area contributed by atoms with Crippen LogP contribution in [0.1, 0.15) is 47.5 Å². The highest BCUT2D eigenvalue weighted by Crippen LogP contribution is 2.30. The molecule has 0 N–H and O–H groups in total. The Morgan fingerprint density at radius 3 is 2.21 bits per heavy atom. The van der Waals surface area contributed by atoms with Gasteiger partial charge >= 0.3 is 18.7 Å². The van der Waals surface area contributed by atoms with E-state index in [1.165, 1.54) is 4.90 Å². The Balaban J connectivity index is 0.000000254. The molecule has 0 aromatic heterocycles. The van der Waals surface area contributed by atoms with Crippen molar-refractivity contribution in [3.63, 3.8) is 0 Å². The van der Waals surface area contributed by atoms with Crippen LogP contribution in [0.15, 0.2) is 0 Å². The molecule has 2 atom stereocenters. The number of hydrogen-bond donors (Lipinski definition) is 0. The predicted octanol–water partition coefficient (Wildman–Crippen LogP) is 2.39. The molecule has 0 spiro atoms. The van der Waals surface area contributed by atoms with Gasteiger partial charge in [-0.1, -0.05) is 5.92 Å². The van der Waals surface area contributed by atoms with Crippen LogP contribution in [0.5, 0.6) is 0 Å². The Hall–Kier alpha value is -2.23. The summed E-state index contributed by atoms with van der Waals surface area (Å²) in [5, 5.41) is 0. The number of nitrogens with zero attached hydrogens (tertiary/aromatic N) is 2. The van der Waals surface area contributed by atoms with E-state index in [1.807, 2.05) is 34.6 Å². The van der Waals surface area contributed by atoms with Crippen molar-refractivity contribution in [1.82, 2.24) is 9.80 Å². The molecule has 2 fully saturated rings. The van der Waals surface area contributed by atoms with Crippen molar-refractivity contribution in [1.29, 1.82) is 0 Å². The maximum absolute atomic E-state index is 11.6. The zero-order valence-electron chi connectivity index (χ0n) is 15.0. The largest absolute Gasteiger partial charge is 0.444 e. The van der Waals surface area contributed by atoms with Gasteiger partial charge in [0.05, 0.1) is 0 Å². The van der Waals surface area contributed by atoms with Gasteiger partial charge in [0, 0.05) is 19.1 Å². The lowest BCUT2D eigenvalue weighted by molar-refractivity contribution is -0.124. The normalized spacial score (nSPS) is 25.1. The van der Waals surface area contributed by atoms with E-state index in [9.17, 15) is 14.4 Å². The minimum Gasteiger partial charge on any atom is -0.444 e. The second-order valence-corrected chi connectivity index (χ2v) is 7.11. The maximum atomic E-state index is 11.6. The maximum Gasteiger partial charge on any atom is 0.417 e. The average molecular weight is 338 g/mol. The van der Waals surface area contributed by atoms with Crippen molar-refractivity contribution in [3.05, 3.63) is 0 Å². The molecule has 0 aromatic carbocycles. The molecule has 2 saturated heterocycles. The first kappa shape index (κ1) is 19.8. The number of terminal acetylenes is 1. The molecule has 24 heavy (non-hydrogen) atoms. The van der Waals surface area contributed by atoms with Gasteiger partial charge in [0.2, 0.25) is 0 Å². The Bertz CT molecular complexity index is 534. The molecule has 2 rings (SSSR count). The third-order valence-electron chi connectivity index (χ3n) is 4.05. The van der Waals surface area contributed by atoms with Crippen molar-refractivity contribution in [2.45, 2.75) is 64.6 Å². The molecule has 2 heterocycles. The molecule has 7 nitrogen and oxygen atoms in total. The topological polar surface area (TPSA) is 76.2 Å². The number of ether oxygens (including phenoxy) is 2. The molecule has 0 aromatic rings. The fraction of sp³-hybridized carbons (Fsp3) is 0.706. The average Bonchev–Trinajstić information content (AvgIpc) is 2.42. The van der Waals surface area contributed by atoms with Crippen LogP contribution < -0.4 is 0 Å². The first-order valence-electron chi connectivity index (χ1n) is 7.93. The van der Waals surface area contributed by atoms with Gasteiger partial charge in [0.1, 0.15) is 11.1 Å². The van der Waals surface area contributed by atoms with Gasteiger partial charge in [-0.3, -0.25) is 9.69 Å². The van der Waals surface area contributed by atoms with E-state index < -0.39 is 17.2 Å². The monoisotopic (exact) mass is 338 g/mol. The molecule has 2 aliphatic heterocycles. The first-order chi connectivity index (χ1) is 11.0. The molecular weight excluding hydrogens is 312 g/mol. The fourth-order valence-corrected chi connectivity index (χ4v) is 2.22. The standard InChI is InChI=1S/C11H17NO2.C6H9NO3/c1-6-11(5)7-8-12(11)9(13)14-10(2,3)4;1-5-2-3-7(5)6(9)10-4-8/h1H,7-8H2,2-5H3;4-5H,2-3H2,1H3. The summed E-state index contributed by atoms with van der Waals surface area (Å²) in [7, 11) is 0. The first-order valence-corrected chi connectivity index (χ1v) is 7.93. The van der Waals surface area contributed by atoms with Crippen LogP contribution in [0, 0.1) is 12.3 Å². The van der Waals surface area contributed by atoms with Crippen molar-refractivity contribution in [2.75, 3.05) is 13.1 Å². The van der Waals surface area contributed by atoms with Gasteiger partial charge in [-0.15, -0.1) is 6.42 Å². The lowest BCUT2D eigenvalue weighted by Gasteiger charge is -2.46. The highest BCUT2D eigenvalue weighted by atomic mass is 16.6. The smallest absolute Gasteiger partial charge is 0.417 e. The summed E-state index contributed by atoms with van der Waals surface area (Å²) in [6.45, 7) is 10.9. The van der Waals surface area contributed by atoms with Crippen molar-refractivity contribution < 1.29 is 23.9 Å². The molecular formula is C17H26N2O5. The lowest BCUT2D eigenvalue weighted by atomic mass is 9.88. The van der Waals surface area contributed by atoms with E-state index in [0.29, 0.717) is 13.1 Å². The SMILES string of the molecule is C#CC1(C)CCN1C(=O)OC(C)(C)C.CC1CCN1C(=O)OC=O. The van der Waals surface area contributed by atoms with Crippen LogP contribution >= 0.6 is 0 Å². The third kappa shape index (κ3) is 4.88. The summed E-state index contributed by atoms with van der Waals surface area (Å²) in [6, 6.07) is 0.229. The Morgan fingerprint density at radius 2 is 1.92 bits per heavy atom. The zero-order valence-corrected chi connectivity index (χ0v) is 15.0. The number of rotatable bonds is 1. The van der Waals surface area contributed by atoms with E-state index >= 15 is 0 Å². The van der Waals surface area contributed by atoms with Gasteiger partial charge < -0.3 is 14.4 Å². The molecule has 134 valence electrons. The molecule has 0 saturated carbocycles. The Labute approximate surface area is 143 Å². The summed E-state index contributed by atoms with van der Waals surface area (Å²) >= 11 is 0. The summed E-state index contributed by atoms with van der Waals surface area (Å²) in [4.78, 5) is 35.1. The minimum absolute atomic E-state index is 0.160. The van der Waals surface area contributed by atoms with Crippen LogP contribution in [0.2, 0.25) is 0 Å². The fourth-order valence-electron chi connectivity index (χ4n) is 2.22. The molecule has 2 unspecified atom stereocenters. The van der Waals surface area contributed by atoms with E-state index in [0.717, 1.165) is 12.8 Å². The van der Waals surface area contributed by atoms with Gasteiger partial charge in [0.25, 0.3) is 0 Å². The van der Waals surface area contributed by atoms with Crippen LogP contribution in [0.25, 0.3) is 0 Å². The van der Waals surface area contributed by atoms with E-state index in [4.69, 9.17) is 11.2 Å². The zero-order chi connectivity index (χ0) is 18.5. The van der Waals surface area contributed by atoms with Crippen molar-refractivity contribution in [2.24, 2.45) is 0 Å². The second-order valence-electron chi connectivity index (χ2n) is 7.11. The summed E-state index contributed by atoms with van der Waals surface area (Å²) < 4.78 is 9.35. The van der Waals surface area contributed by atoms with Crippen LogP contribution in [0.4, 0.5) is 9.59 Å². The van der Waals surface area contributed by atoms with Crippen molar-refractivity contribution in [3.8, 4) is 12.3 Å². The lowest BCUT2D eigenvalue weighted by Crippen LogP contribution is -2.60. The number of amides is 2. The summed E-state index contributed by atoms with van der Waals surface area (Å²) in [5.74, 6) is 2.62. The molecule has 7 heteroatoms. The Morgan fingerprint density at radius 1 is 1.29 bits per heavy atom. The van der Waals surface area contributed by atoms with Crippen LogP contribution in [-0.2, 0) is 14.3 Å². The number of likely N-dealkylation sites (tertiary alicyclic amines) is 2. The highest BCUT2D eigenvalue weighted by Gasteiger charge is 2.44. The van der Waals surface area contributed by atoms with E-state index in [-0.39, 0.29) is 18.6 Å². The predicted molar refractivity (Wildman–Crippen MR) is 88.1 cm³/mol. The van der Waals surface area contributed by atoms with Crippen LogP contribution in [0.3, 0.4) is 0 Å². The molecule has 0 radical (unpaired) electrons. The molecule has 0 aliphatic carbocycles. The molecule has 0 bridgehead atoms. The summed E-state index contributed by atoms with van der Waals surface area (Å²) in [6.07, 6.45) is 6.36. The quantitative estimate of drug-likeness (QED) is 0.417. The molecule has 2 amide bonds. The number of hydrogen-bond acceptors (Lipinski definition) is 5. The number of carbonyl (C=O) groups is 3. The van der Waals surface area contributed by atoms with E-state index in [1.54, 1.807) is 4.90 Å². The van der Waals surface area contributed by atoms with Crippen molar-refractivity contribution >= 4 is 18.7 Å². The van der Waals surface area contributed by atoms with E-state index in [2.05, 4.69) is 10.7 Å². The summed E-state index contributed by atoms with van der Waals surface area (Å²) in [5.41, 5.74) is -0.898.